The van der Waals surface area contributed by atoms with Crippen molar-refractivity contribution in [1.82, 2.24) is 4.98 Å². The molecule has 4 nitrogen and oxygen atoms in total. The monoisotopic (exact) mass is 299 g/mol. The number of nitrogens with one attached hydrogen (secondary N) is 1. The minimum Gasteiger partial charge on any atom is -0.390 e. The van der Waals surface area contributed by atoms with E-state index in [0.717, 1.165) is 0 Å². The maximum absolute atomic E-state index is 11.8. The largest absolute Gasteiger partial charge is 0.574 e. The van der Waals surface area contributed by atoms with Crippen molar-refractivity contribution in [2.24, 2.45) is 0 Å². The molecule has 0 fully saturated rings. The second kappa shape index (κ2) is 4.69. The lowest BCUT2D eigenvalue weighted by molar-refractivity contribution is -0.276. The van der Waals surface area contributed by atoms with Gasteiger partial charge in [-0.2, -0.15) is 0 Å². The Morgan fingerprint density at radius 1 is 1.50 bits per heavy atom. The molecule has 0 saturated heterocycles. The maximum Gasteiger partial charge on any atom is 0.574 e. The molecule has 0 unspecified atom stereocenters. The third kappa shape index (κ3) is 3.09. The van der Waals surface area contributed by atoms with E-state index < -0.39 is 17.7 Å². The first-order valence-corrected chi connectivity index (χ1v) is 5.02. The molecule has 0 aliphatic rings. The Hall–Kier alpha value is -1.31. The lowest BCUT2D eigenvalue weighted by Crippen LogP contribution is -2.21. The molecule has 88 valence electrons. The third-order valence-corrected chi connectivity index (χ3v) is 2.18. The molecule has 1 heterocycles. The van der Waals surface area contributed by atoms with Crippen molar-refractivity contribution in [2.45, 2.75) is 11.7 Å². The molecule has 16 heavy (non-hydrogen) atoms. The highest BCUT2D eigenvalue weighted by Crippen LogP contribution is 2.20. The topological polar surface area (TPSA) is 59.2 Å². The number of halogens is 4. The Morgan fingerprint density at radius 2 is 2.12 bits per heavy atom. The molecular weight excluding hydrogens is 295 g/mol. The van der Waals surface area contributed by atoms with Crippen LogP contribution < -0.4 is 10.2 Å². The fourth-order valence-corrected chi connectivity index (χ4v) is 1.58. The van der Waals surface area contributed by atoms with Crippen LogP contribution in [0.25, 0.3) is 0 Å². The highest BCUT2D eigenvalue weighted by atomic mass is 79.9. The number of hydrogen-bond acceptors (Lipinski definition) is 3. The minimum atomic E-state index is -4.92. The quantitative estimate of drug-likeness (QED) is 0.686. The van der Waals surface area contributed by atoms with E-state index in [9.17, 15) is 22.8 Å². The van der Waals surface area contributed by atoms with E-state index in [1.807, 2.05) is 0 Å². The van der Waals surface area contributed by atoms with Gasteiger partial charge in [-0.3, -0.25) is 9.59 Å². The molecule has 0 atom stereocenters. The van der Waals surface area contributed by atoms with Crippen molar-refractivity contribution in [3.05, 3.63) is 27.5 Å². The first kappa shape index (κ1) is 12.8. The van der Waals surface area contributed by atoms with E-state index in [1.54, 1.807) is 0 Å². The zero-order valence-electron chi connectivity index (χ0n) is 7.60. The van der Waals surface area contributed by atoms with Crippen LogP contribution in [0.4, 0.5) is 13.2 Å². The predicted molar refractivity (Wildman–Crippen MR) is 51.8 cm³/mol. The van der Waals surface area contributed by atoms with Crippen molar-refractivity contribution >= 4 is 22.2 Å². The van der Waals surface area contributed by atoms with Crippen molar-refractivity contribution in [2.75, 3.05) is 0 Å². The average molecular weight is 300 g/mol. The summed E-state index contributed by atoms with van der Waals surface area (Å²) >= 11 is 2.94. The Labute approximate surface area is 95.5 Å². The van der Waals surface area contributed by atoms with Gasteiger partial charge >= 0.3 is 6.36 Å². The summed E-state index contributed by atoms with van der Waals surface area (Å²) in [4.78, 5) is 23.9. The van der Waals surface area contributed by atoms with Gasteiger partial charge in [-0.25, -0.2) is 0 Å². The highest BCUT2D eigenvalue weighted by molar-refractivity contribution is 9.08. The molecule has 0 aliphatic heterocycles. The molecule has 1 rings (SSSR count). The second-order valence-corrected chi connectivity index (χ2v) is 3.25. The molecule has 0 saturated carbocycles. The van der Waals surface area contributed by atoms with E-state index in [-0.39, 0.29) is 22.9 Å². The van der Waals surface area contributed by atoms with E-state index in [0.29, 0.717) is 6.07 Å². The lowest BCUT2D eigenvalue weighted by atomic mass is 10.2. The van der Waals surface area contributed by atoms with Gasteiger partial charge in [0.25, 0.3) is 0 Å². The van der Waals surface area contributed by atoms with Crippen LogP contribution in [-0.4, -0.2) is 17.6 Å². The summed E-state index contributed by atoms with van der Waals surface area (Å²) in [7, 11) is 0. The van der Waals surface area contributed by atoms with Gasteiger partial charge in [0.15, 0.2) is 11.7 Å². The smallest absolute Gasteiger partial charge is 0.390 e. The number of aromatic amines is 1. The maximum atomic E-state index is 11.8. The Bertz CT molecular complexity index is 455. The molecular formula is C8H5BrF3NO3. The summed E-state index contributed by atoms with van der Waals surface area (Å²) in [6, 6.07) is 0.636. The molecule has 0 aromatic carbocycles. The highest BCUT2D eigenvalue weighted by Gasteiger charge is 2.32. The van der Waals surface area contributed by atoms with Gasteiger partial charge in [0.2, 0.25) is 5.88 Å². The number of alkyl halides is 4. The molecule has 0 radical (unpaired) electrons. The van der Waals surface area contributed by atoms with Crippen LogP contribution in [0.3, 0.4) is 0 Å². The number of H-pyrrole nitrogens is 1. The van der Waals surface area contributed by atoms with Crippen LogP contribution in [0.2, 0.25) is 0 Å². The van der Waals surface area contributed by atoms with E-state index in [1.165, 1.54) is 0 Å². The summed E-state index contributed by atoms with van der Waals surface area (Å²) in [6.45, 7) is 0. The molecule has 0 bridgehead atoms. The van der Waals surface area contributed by atoms with Crippen LogP contribution in [0.15, 0.2) is 10.9 Å². The molecule has 0 aliphatic carbocycles. The number of pyridine rings is 1. The molecule has 1 aromatic rings. The number of ether oxygens (including phenoxy) is 1. The summed E-state index contributed by atoms with van der Waals surface area (Å²) < 4.78 is 39.0. The van der Waals surface area contributed by atoms with Gasteiger partial charge in [0, 0.05) is 17.0 Å². The Morgan fingerprint density at radius 3 is 2.56 bits per heavy atom. The Kier molecular flexibility index (Phi) is 3.74. The standard InChI is InChI=1S/C8H5BrF3NO3/c9-2-4-5(3-14)13-7(1-6(4)15)16-8(10,11)12/h1,3H,2H2,(H,13,15). The molecule has 0 amide bonds. The molecule has 8 heteroatoms. The van der Waals surface area contributed by atoms with Crippen LogP contribution in [-0.2, 0) is 5.33 Å². The Balaban J connectivity index is 3.21. The lowest BCUT2D eigenvalue weighted by Gasteiger charge is -2.09. The van der Waals surface area contributed by atoms with E-state index >= 15 is 0 Å². The summed E-state index contributed by atoms with van der Waals surface area (Å²) in [6.07, 6.45) is -4.67. The van der Waals surface area contributed by atoms with Gasteiger partial charge in [-0.05, 0) is 0 Å². The zero-order chi connectivity index (χ0) is 12.3. The normalized spacial score (nSPS) is 11.2. The summed E-state index contributed by atoms with van der Waals surface area (Å²) in [5, 5.41) is 0.0582. The van der Waals surface area contributed by atoms with Gasteiger partial charge in [0.1, 0.15) is 0 Å². The van der Waals surface area contributed by atoms with E-state index in [4.69, 9.17) is 0 Å². The zero-order valence-corrected chi connectivity index (χ0v) is 9.18. The summed E-state index contributed by atoms with van der Waals surface area (Å²) in [5.74, 6) is -0.815. The SMILES string of the molecule is O=Cc1[nH]c(OC(F)(F)F)cc(=O)c1CBr. The van der Waals surface area contributed by atoms with Crippen LogP contribution in [0.1, 0.15) is 16.1 Å². The first-order chi connectivity index (χ1) is 7.37. The van der Waals surface area contributed by atoms with Crippen molar-refractivity contribution in [1.29, 1.82) is 0 Å². The van der Waals surface area contributed by atoms with Crippen molar-refractivity contribution in [3.8, 4) is 5.88 Å². The number of carbonyl (C=O) groups is 1. The molecule has 1 N–H and O–H groups in total. The predicted octanol–water partition coefficient (Wildman–Crippen LogP) is 1.98. The van der Waals surface area contributed by atoms with Crippen molar-refractivity contribution in [3.63, 3.8) is 0 Å². The van der Waals surface area contributed by atoms with Gasteiger partial charge in [-0.15, -0.1) is 13.2 Å². The first-order valence-electron chi connectivity index (χ1n) is 3.90. The number of aldehydes is 1. The summed E-state index contributed by atoms with van der Waals surface area (Å²) in [5.41, 5.74) is -0.912. The van der Waals surface area contributed by atoms with Gasteiger partial charge < -0.3 is 9.72 Å². The van der Waals surface area contributed by atoms with Crippen LogP contribution in [0.5, 0.6) is 5.88 Å². The number of hydrogen-bond donors (Lipinski definition) is 1. The van der Waals surface area contributed by atoms with E-state index in [2.05, 4.69) is 25.7 Å². The number of aromatic nitrogens is 1. The second-order valence-electron chi connectivity index (χ2n) is 2.69. The molecule has 1 aromatic heterocycles. The van der Waals surface area contributed by atoms with Crippen molar-refractivity contribution < 1.29 is 22.7 Å². The van der Waals surface area contributed by atoms with Gasteiger partial charge in [0.05, 0.1) is 5.69 Å². The third-order valence-electron chi connectivity index (χ3n) is 1.62. The van der Waals surface area contributed by atoms with Crippen LogP contribution in [0, 0.1) is 0 Å². The fourth-order valence-electron chi connectivity index (χ4n) is 1.00. The van der Waals surface area contributed by atoms with Crippen LogP contribution >= 0.6 is 15.9 Å². The minimum absolute atomic E-state index is 0.0459. The average Bonchev–Trinajstić information content (AvgIpc) is 2.14. The van der Waals surface area contributed by atoms with Gasteiger partial charge in [-0.1, -0.05) is 15.9 Å². The molecule has 0 spiro atoms. The fraction of sp³-hybridized carbons (Fsp3) is 0.250. The number of carbonyl (C=O) groups excluding carboxylic acids is 1. The number of rotatable bonds is 3.